The lowest BCUT2D eigenvalue weighted by molar-refractivity contribution is 0.0525. The Bertz CT molecular complexity index is 1830. The summed E-state index contributed by atoms with van der Waals surface area (Å²) in [7, 11) is 0. The summed E-state index contributed by atoms with van der Waals surface area (Å²) in [5.41, 5.74) is 5.03. The summed E-state index contributed by atoms with van der Waals surface area (Å²) in [5.74, 6) is -1.04. The van der Waals surface area contributed by atoms with E-state index in [0.29, 0.717) is 52.4 Å². The molecule has 1 aliphatic rings. The average Bonchev–Trinajstić information content (AvgIpc) is 3.60. The van der Waals surface area contributed by atoms with Crippen LogP contribution in [0.25, 0.3) is 28.2 Å². The molecule has 1 aliphatic heterocycles. The molecule has 0 aliphatic carbocycles. The predicted octanol–water partition coefficient (Wildman–Crippen LogP) is 6.47. The van der Waals surface area contributed by atoms with Gasteiger partial charge < -0.3 is 9.64 Å². The third-order valence-corrected chi connectivity index (χ3v) is 8.75. The molecule has 10 heteroatoms. The number of aryl methyl sites for hydroxylation is 2. The van der Waals surface area contributed by atoms with E-state index in [1.54, 1.807) is 59.2 Å². The van der Waals surface area contributed by atoms with Crippen molar-refractivity contribution in [3.63, 3.8) is 0 Å². The first-order chi connectivity index (χ1) is 20.3. The van der Waals surface area contributed by atoms with E-state index in [1.807, 2.05) is 11.8 Å². The summed E-state index contributed by atoms with van der Waals surface area (Å²) in [6.45, 7) is 8.81. The Morgan fingerprint density at radius 3 is 2.64 bits per heavy atom. The Hall–Kier alpha value is -4.44. The summed E-state index contributed by atoms with van der Waals surface area (Å²) < 4.78 is 22.1. The van der Waals surface area contributed by atoms with E-state index in [9.17, 15) is 9.59 Å². The number of hydrogen-bond acceptors (Lipinski definition) is 7. The SMILES string of the molecule is CCOC(=O)c1ccc(-c2ccc(-c3cc4nc(C(=O)N5CCc6sc(C)cc6C5C)cc(CC)n4n3)c(F)c2)nc1. The number of benzene rings is 1. The van der Waals surface area contributed by atoms with Gasteiger partial charge in [-0.05, 0) is 75.6 Å². The molecule has 1 atom stereocenters. The van der Waals surface area contributed by atoms with Crippen molar-refractivity contribution in [2.75, 3.05) is 13.2 Å². The fourth-order valence-electron chi connectivity index (χ4n) is 5.45. The van der Waals surface area contributed by atoms with Gasteiger partial charge in [0.25, 0.3) is 5.91 Å². The smallest absolute Gasteiger partial charge is 0.339 e. The molecule has 0 radical (unpaired) electrons. The van der Waals surface area contributed by atoms with Gasteiger partial charge in [0.1, 0.15) is 11.5 Å². The van der Waals surface area contributed by atoms with Gasteiger partial charge in [0.2, 0.25) is 0 Å². The number of ether oxygens (including phenoxy) is 1. The number of carbonyl (C=O) groups is 2. The van der Waals surface area contributed by atoms with Crippen LogP contribution in [0.3, 0.4) is 0 Å². The van der Waals surface area contributed by atoms with Crippen molar-refractivity contribution in [1.29, 1.82) is 0 Å². The number of rotatable bonds is 6. The Labute approximate surface area is 246 Å². The highest BCUT2D eigenvalue weighted by atomic mass is 32.1. The summed E-state index contributed by atoms with van der Waals surface area (Å²) in [6.07, 6.45) is 2.88. The standard InChI is InChI=1S/C32H30FN5O3S/c1-5-22-15-28(31(39)37-12-11-29-24(19(37)4)13-18(3)42-29)35-30-16-27(36-38(22)30)23-9-7-20(14-25(23)33)26-10-8-21(17-34-26)32(40)41-6-2/h7-10,13-17,19H,5-6,11-12H2,1-4H3. The second-order valence-corrected chi connectivity index (χ2v) is 11.6. The van der Waals surface area contributed by atoms with Crippen molar-refractivity contribution < 1.29 is 18.7 Å². The van der Waals surface area contributed by atoms with Crippen molar-refractivity contribution >= 4 is 28.9 Å². The summed E-state index contributed by atoms with van der Waals surface area (Å²) in [4.78, 5) is 39.1. The fraction of sp³-hybridized carbons (Fsp3) is 0.281. The fourth-order valence-corrected chi connectivity index (χ4v) is 6.57. The second-order valence-electron chi connectivity index (χ2n) is 10.3. The number of fused-ring (bicyclic) bond motifs is 2. The van der Waals surface area contributed by atoms with Gasteiger partial charge in [-0.15, -0.1) is 11.3 Å². The molecule has 5 heterocycles. The van der Waals surface area contributed by atoms with Gasteiger partial charge in [0, 0.05) is 45.4 Å². The van der Waals surface area contributed by atoms with E-state index in [1.165, 1.54) is 27.6 Å². The lowest BCUT2D eigenvalue weighted by atomic mass is 10.0. The number of halogens is 1. The molecule has 1 aromatic carbocycles. The molecule has 1 amide bonds. The van der Waals surface area contributed by atoms with Crippen LogP contribution >= 0.6 is 11.3 Å². The predicted molar refractivity (Wildman–Crippen MR) is 159 cm³/mol. The number of amides is 1. The van der Waals surface area contributed by atoms with Crippen LogP contribution in [0.5, 0.6) is 0 Å². The molecule has 5 aromatic rings. The van der Waals surface area contributed by atoms with Gasteiger partial charge in [0.15, 0.2) is 5.65 Å². The van der Waals surface area contributed by atoms with Crippen LogP contribution in [0.15, 0.2) is 54.7 Å². The zero-order chi connectivity index (χ0) is 29.5. The number of nitrogens with zero attached hydrogens (tertiary/aromatic N) is 5. The minimum Gasteiger partial charge on any atom is -0.462 e. The van der Waals surface area contributed by atoms with Gasteiger partial charge in [-0.1, -0.05) is 13.0 Å². The van der Waals surface area contributed by atoms with Gasteiger partial charge in [-0.25, -0.2) is 18.7 Å². The molecule has 6 rings (SSSR count). The maximum atomic E-state index is 15.4. The molecular weight excluding hydrogens is 553 g/mol. The van der Waals surface area contributed by atoms with Crippen LogP contribution in [0.1, 0.15) is 68.7 Å². The number of thiophene rings is 1. The summed E-state index contributed by atoms with van der Waals surface area (Å²) >= 11 is 1.80. The van der Waals surface area contributed by atoms with E-state index in [0.717, 1.165) is 12.1 Å². The highest BCUT2D eigenvalue weighted by Gasteiger charge is 2.31. The Kier molecular flexibility index (Phi) is 7.32. The van der Waals surface area contributed by atoms with E-state index in [4.69, 9.17) is 4.74 Å². The third-order valence-electron chi connectivity index (χ3n) is 7.62. The van der Waals surface area contributed by atoms with E-state index in [-0.39, 0.29) is 18.6 Å². The summed E-state index contributed by atoms with van der Waals surface area (Å²) in [5, 5.41) is 4.65. The van der Waals surface area contributed by atoms with Crippen LogP contribution in [0.2, 0.25) is 0 Å². The van der Waals surface area contributed by atoms with Crippen molar-refractivity contribution in [2.45, 2.75) is 46.6 Å². The van der Waals surface area contributed by atoms with Gasteiger partial charge in [0.05, 0.1) is 29.6 Å². The van der Waals surface area contributed by atoms with Crippen LogP contribution in [0.4, 0.5) is 4.39 Å². The van der Waals surface area contributed by atoms with Crippen molar-refractivity contribution in [2.24, 2.45) is 0 Å². The topological polar surface area (TPSA) is 89.7 Å². The largest absolute Gasteiger partial charge is 0.462 e. The van der Waals surface area contributed by atoms with Crippen LogP contribution in [-0.2, 0) is 17.6 Å². The minimum atomic E-state index is -0.467. The Balaban J connectivity index is 1.29. The highest BCUT2D eigenvalue weighted by molar-refractivity contribution is 7.12. The number of aromatic nitrogens is 4. The summed E-state index contributed by atoms with van der Waals surface area (Å²) in [6, 6.07) is 13.7. The number of pyridine rings is 1. The average molecular weight is 584 g/mol. The molecule has 214 valence electrons. The van der Waals surface area contributed by atoms with Crippen molar-refractivity contribution in [1.82, 2.24) is 24.5 Å². The number of carbonyl (C=O) groups excluding carboxylic acids is 2. The third kappa shape index (κ3) is 4.96. The monoisotopic (exact) mass is 583 g/mol. The zero-order valence-corrected chi connectivity index (χ0v) is 24.7. The Morgan fingerprint density at radius 2 is 1.93 bits per heavy atom. The van der Waals surface area contributed by atoms with Crippen molar-refractivity contribution in [3.05, 3.63) is 92.8 Å². The van der Waals surface area contributed by atoms with E-state index >= 15 is 4.39 Å². The van der Waals surface area contributed by atoms with E-state index < -0.39 is 11.8 Å². The van der Waals surface area contributed by atoms with Gasteiger partial charge >= 0.3 is 5.97 Å². The molecule has 0 fully saturated rings. The Morgan fingerprint density at radius 1 is 1.10 bits per heavy atom. The van der Waals surface area contributed by atoms with Crippen LogP contribution < -0.4 is 0 Å². The maximum Gasteiger partial charge on any atom is 0.339 e. The van der Waals surface area contributed by atoms with Crippen LogP contribution in [-0.4, -0.2) is 49.5 Å². The molecule has 0 spiro atoms. The zero-order valence-electron chi connectivity index (χ0n) is 23.8. The second kappa shape index (κ2) is 11.1. The first-order valence-electron chi connectivity index (χ1n) is 14.0. The molecule has 0 N–H and O–H groups in total. The lowest BCUT2D eigenvalue weighted by Crippen LogP contribution is -2.38. The lowest BCUT2D eigenvalue weighted by Gasteiger charge is -2.33. The quantitative estimate of drug-likeness (QED) is 0.213. The number of esters is 1. The maximum absolute atomic E-state index is 15.4. The molecule has 1 unspecified atom stereocenters. The molecule has 0 saturated heterocycles. The van der Waals surface area contributed by atoms with E-state index in [2.05, 4.69) is 35.0 Å². The molecule has 42 heavy (non-hydrogen) atoms. The minimum absolute atomic E-state index is 0.0294. The van der Waals surface area contributed by atoms with Crippen molar-refractivity contribution in [3.8, 4) is 22.5 Å². The van der Waals surface area contributed by atoms with Crippen LogP contribution in [0, 0.1) is 12.7 Å². The molecule has 0 bridgehead atoms. The first kappa shape index (κ1) is 27.7. The molecule has 0 saturated carbocycles. The molecule has 4 aromatic heterocycles. The number of hydrogen-bond donors (Lipinski definition) is 0. The van der Waals surface area contributed by atoms with Gasteiger partial charge in [-0.3, -0.25) is 9.78 Å². The first-order valence-corrected chi connectivity index (χ1v) is 14.8. The molecule has 8 nitrogen and oxygen atoms in total. The highest BCUT2D eigenvalue weighted by Crippen LogP contribution is 2.36. The normalized spacial score (nSPS) is 14.7. The van der Waals surface area contributed by atoms with Gasteiger partial charge in [-0.2, -0.15) is 5.10 Å². The molecular formula is C32H30FN5O3S.